The van der Waals surface area contributed by atoms with Crippen LogP contribution in [0.2, 0.25) is 10.0 Å². The maximum absolute atomic E-state index is 12.4. The molecule has 112 valence electrons. The van der Waals surface area contributed by atoms with Gasteiger partial charge in [-0.05, 0) is 31.2 Å². The van der Waals surface area contributed by atoms with E-state index >= 15 is 0 Å². The zero-order valence-corrected chi connectivity index (χ0v) is 13.6. The fourth-order valence-electron chi connectivity index (χ4n) is 1.71. The number of benzene rings is 1. The van der Waals surface area contributed by atoms with Gasteiger partial charge in [0.1, 0.15) is 15.7 Å². The van der Waals surface area contributed by atoms with E-state index in [0.717, 1.165) is 0 Å². The SMILES string of the molecule is COc1c(S(=O)(=O)Nc2cccc(C)n2)ccc(Cl)c1Cl. The Morgan fingerprint density at radius 2 is 1.90 bits per heavy atom. The zero-order valence-electron chi connectivity index (χ0n) is 11.2. The summed E-state index contributed by atoms with van der Waals surface area (Å²) in [6.45, 7) is 1.76. The minimum Gasteiger partial charge on any atom is -0.494 e. The van der Waals surface area contributed by atoms with E-state index in [2.05, 4.69) is 9.71 Å². The summed E-state index contributed by atoms with van der Waals surface area (Å²) in [5.74, 6) is 0.201. The van der Waals surface area contributed by atoms with E-state index < -0.39 is 10.0 Å². The van der Waals surface area contributed by atoms with Crippen molar-refractivity contribution in [2.45, 2.75) is 11.8 Å². The Balaban J connectivity index is 2.47. The van der Waals surface area contributed by atoms with E-state index in [1.54, 1.807) is 25.1 Å². The molecule has 1 aromatic carbocycles. The third-order valence-electron chi connectivity index (χ3n) is 2.63. The fourth-order valence-corrected chi connectivity index (χ4v) is 3.33. The van der Waals surface area contributed by atoms with Gasteiger partial charge in [-0.1, -0.05) is 29.3 Å². The summed E-state index contributed by atoms with van der Waals surface area (Å²) in [6.07, 6.45) is 0. The van der Waals surface area contributed by atoms with Gasteiger partial charge in [0.25, 0.3) is 10.0 Å². The molecule has 0 unspecified atom stereocenters. The number of aromatic nitrogens is 1. The smallest absolute Gasteiger partial charge is 0.266 e. The Hall–Kier alpha value is -1.50. The summed E-state index contributed by atoms with van der Waals surface area (Å²) in [4.78, 5) is 3.98. The molecule has 0 radical (unpaired) electrons. The molecule has 1 aromatic heterocycles. The van der Waals surface area contributed by atoms with Crippen LogP contribution in [0.3, 0.4) is 0 Å². The summed E-state index contributed by atoms with van der Waals surface area (Å²) in [5, 5.41) is 0.250. The monoisotopic (exact) mass is 346 g/mol. The van der Waals surface area contributed by atoms with Crippen LogP contribution < -0.4 is 9.46 Å². The minimum absolute atomic E-state index is 0.00989. The minimum atomic E-state index is -3.89. The first-order valence-electron chi connectivity index (χ1n) is 5.83. The van der Waals surface area contributed by atoms with Crippen LogP contribution in [0.1, 0.15) is 5.69 Å². The summed E-state index contributed by atoms with van der Waals surface area (Å²) >= 11 is 11.8. The van der Waals surface area contributed by atoms with Crippen LogP contribution in [0.15, 0.2) is 35.2 Å². The maximum Gasteiger partial charge on any atom is 0.266 e. The van der Waals surface area contributed by atoms with Crippen molar-refractivity contribution in [1.29, 1.82) is 0 Å². The number of anilines is 1. The first-order valence-corrected chi connectivity index (χ1v) is 8.07. The number of ether oxygens (including phenoxy) is 1. The van der Waals surface area contributed by atoms with Crippen LogP contribution in [-0.2, 0) is 10.0 Å². The molecule has 2 aromatic rings. The molecular formula is C13H12Cl2N2O3S. The van der Waals surface area contributed by atoms with E-state index in [1.807, 2.05) is 0 Å². The first-order chi connectivity index (χ1) is 9.85. The lowest BCUT2D eigenvalue weighted by molar-refractivity contribution is 0.403. The van der Waals surface area contributed by atoms with Crippen LogP contribution in [0.25, 0.3) is 0 Å². The molecule has 1 heterocycles. The number of methoxy groups -OCH3 is 1. The normalized spacial score (nSPS) is 11.2. The lowest BCUT2D eigenvalue weighted by Gasteiger charge is -2.13. The van der Waals surface area contributed by atoms with Crippen LogP contribution in [0, 0.1) is 6.92 Å². The van der Waals surface area contributed by atoms with Crippen molar-refractivity contribution in [1.82, 2.24) is 4.98 Å². The predicted octanol–water partition coefficient (Wildman–Crippen LogP) is 3.51. The Labute approximate surface area is 132 Å². The van der Waals surface area contributed by atoms with Crippen LogP contribution in [0.5, 0.6) is 5.75 Å². The van der Waals surface area contributed by atoms with Gasteiger partial charge in [0, 0.05) is 5.69 Å². The second kappa shape index (κ2) is 6.09. The van der Waals surface area contributed by atoms with Gasteiger partial charge < -0.3 is 4.74 Å². The van der Waals surface area contributed by atoms with E-state index in [9.17, 15) is 8.42 Å². The first kappa shape index (κ1) is 15.9. The number of nitrogens with zero attached hydrogens (tertiary/aromatic N) is 1. The molecule has 0 aliphatic heterocycles. The molecule has 0 saturated carbocycles. The Morgan fingerprint density at radius 3 is 2.52 bits per heavy atom. The van der Waals surface area contributed by atoms with Gasteiger partial charge in [0.15, 0.2) is 5.75 Å². The second-order valence-electron chi connectivity index (χ2n) is 4.16. The number of halogens is 2. The average molecular weight is 347 g/mol. The van der Waals surface area contributed by atoms with Gasteiger partial charge in [-0.25, -0.2) is 13.4 Å². The van der Waals surface area contributed by atoms with Crippen LogP contribution >= 0.6 is 23.2 Å². The molecule has 0 aliphatic rings. The van der Waals surface area contributed by atoms with Gasteiger partial charge in [0.05, 0.1) is 12.1 Å². The topological polar surface area (TPSA) is 68.3 Å². The van der Waals surface area contributed by atoms with Crippen molar-refractivity contribution < 1.29 is 13.2 Å². The standard InChI is InChI=1S/C13H12Cl2N2O3S/c1-8-4-3-5-11(16-8)17-21(18,19)10-7-6-9(14)12(15)13(10)20-2/h3-7H,1-2H3,(H,16,17). The number of sulfonamides is 1. The second-order valence-corrected chi connectivity index (χ2v) is 6.60. The highest BCUT2D eigenvalue weighted by Crippen LogP contribution is 2.37. The Kier molecular flexibility index (Phi) is 4.61. The molecule has 0 fully saturated rings. The Morgan fingerprint density at radius 1 is 1.19 bits per heavy atom. The number of hydrogen-bond donors (Lipinski definition) is 1. The van der Waals surface area contributed by atoms with Crippen LogP contribution in [0.4, 0.5) is 5.82 Å². The third-order valence-corrected chi connectivity index (χ3v) is 4.80. The van der Waals surface area contributed by atoms with E-state index in [-0.39, 0.29) is 26.5 Å². The number of pyridine rings is 1. The van der Waals surface area contributed by atoms with Gasteiger partial charge in [-0.2, -0.15) is 0 Å². The van der Waals surface area contributed by atoms with E-state index in [1.165, 1.54) is 19.2 Å². The molecule has 2 rings (SSSR count). The highest BCUT2D eigenvalue weighted by atomic mass is 35.5. The summed E-state index contributed by atoms with van der Waals surface area (Å²) in [6, 6.07) is 7.73. The third kappa shape index (κ3) is 3.40. The molecular weight excluding hydrogens is 335 g/mol. The summed E-state index contributed by atoms with van der Waals surface area (Å²) in [5.41, 5.74) is 0.691. The van der Waals surface area contributed by atoms with Crippen molar-refractivity contribution >= 4 is 39.0 Å². The molecule has 1 N–H and O–H groups in total. The lowest BCUT2D eigenvalue weighted by atomic mass is 10.3. The number of rotatable bonds is 4. The number of hydrogen-bond acceptors (Lipinski definition) is 4. The average Bonchev–Trinajstić information content (AvgIpc) is 2.41. The molecule has 21 heavy (non-hydrogen) atoms. The largest absolute Gasteiger partial charge is 0.494 e. The van der Waals surface area contributed by atoms with Crippen molar-refractivity contribution in [3.05, 3.63) is 46.1 Å². The summed E-state index contributed by atoms with van der Waals surface area (Å²) < 4.78 is 32.3. The van der Waals surface area contributed by atoms with Crippen molar-refractivity contribution in [3.63, 3.8) is 0 Å². The van der Waals surface area contributed by atoms with Crippen molar-refractivity contribution in [2.75, 3.05) is 11.8 Å². The van der Waals surface area contributed by atoms with Crippen molar-refractivity contribution in [3.8, 4) is 5.75 Å². The summed E-state index contributed by atoms with van der Waals surface area (Å²) in [7, 11) is -2.57. The molecule has 5 nitrogen and oxygen atoms in total. The van der Waals surface area contributed by atoms with Gasteiger partial charge in [0.2, 0.25) is 0 Å². The lowest BCUT2D eigenvalue weighted by Crippen LogP contribution is -2.15. The molecule has 0 aliphatic carbocycles. The van der Waals surface area contributed by atoms with Gasteiger partial charge in [-0.3, -0.25) is 4.72 Å². The molecule has 0 saturated heterocycles. The molecule has 8 heteroatoms. The Bertz CT molecular complexity index is 779. The zero-order chi connectivity index (χ0) is 15.6. The quantitative estimate of drug-likeness (QED) is 0.919. The number of aryl methyl sites for hydroxylation is 1. The maximum atomic E-state index is 12.4. The van der Waals surface area contributed by atoms with E-state index in [0.29, 0.717) is 5.69 Å². The van der Waals surface area contributed by atoms with Crippen LogP contribution in [-0.4, -0.2) is 20.5 Å². The molecule has 0 atom stereocenters. The van der Waals surface area contributed by atoms with E-state index in [4.69, 9.17) is 27.9 Å². The van der Waals surface area contributed by atoms with Gasteiger partial charge in [-0.15, -0.1) is 0 Å². The highest BCUT2D eigenvalue weighted by Gasteiger charge is 2.23. The van der Waals surface area contributed by atoms with Gasteiger partial charge >= 0.3 is 0 Å². The molecule has 0 bridgehead atoms. The molecule has 0 spiro atoms. The number of nitrogens with one attached hydrogen (secondary N) is 1. The fraction of sp³-hybridized carbons (Fsp3) is 0.154. The molecule has 0 amide bonds. The highest BCUT2D eigenvalue weighted by molar-refractivity contribution is 7.92. The predicted molar refractivity (Wildman–Crippen MR) is 82.8 cm³/mol. The van der Waals surface area contributed by atoms with Crippen molar-refractivity contribution in [2.24, 2.45) is 0 Å².